The van der Waals surface area contributed by atoms with Crippen LogP contribution < -0.4 is 5.32 Å². The van der Waals surface area contributed by atoms with Gasteiger partial charge in [0, 0.05) is 38.4 Å². The van der Waals surface area contributed by atoms with E-state index in [1.807, 2.05) is 36.2 Å². The largest absolute Gasteiger partial charge is 0.480 e. The lowest BCUT2D eigenvalue weighted by molar-refractivity contribution is -0.143. The molecule has 4 atom stereocenters. The molecule has 2 N–H and O–H groups in total. The first-order chi connectivity index (χ1) is 17.5. The standard InChI is InChI=1S/C29H41N3O4/c1-20(36-18-7-6-10-22-14-13-21-9-8-16-30-28(21)31-22)15-17-32(2)27(29(33)34)24-12-5-4-11-23(24)25-19-26(25)35-3/h4-5,11-14,20,25-27H,6-10,15-19H2,1-3H3,(H,30,31)(H,33,34)/t20-,25+,26-,27?/m0/s1. The Labute approximate surface area is 215 Å². The van der Waals surface area contributed by atoms with Crippen LogP contribution in [0.3, 0.4) is 0 Å². The molecule has 36 heavy (non-hydrogen) atoms. The van der Waals surface area contributed by atoms with Crippen molar-refractivity contribution in [3.63, 3.8) is 0 Å². The predicted octanol–water partition coefficient (Wildman–Crippen LogP) is 4.82. The highest BCUT2D eigenvalue weighted by Gasteiger charge is 2.41. The van der Waals surface area contributed by atoms with Crippen molar-refractivity contribution in [3.05, 3.63) is 58.8 Å². The number of benzene rings is 1. The van der Waals surface area contributed by atoms with Gasteiger partial charge >= 0.3 is 5.97 Å². The van der Waals surface area contributed by atoms with Crippen LogP contribution in [-0.4, -0.2) is 67.0 Å². The Hall–Kier alpha value is -2.48. The summed E-state index contributed by atoms with van der Waals surface area (Å²) in [5.41, 5.74) is 4.43. The number of pyridine rings is 1. The molecule has 1 unspecified atom stereocenters. The van der Waals surface area contributed by atoms with Gasteiger partial charge in [-0.25, -0.2) is 4.98 Å². The number of anilines is 1. The van der Waals surface area contributed by atoms with Crippen LogP contribution in [0.1, 0.15) is 73.4 Å². The minimum absolute atomic E-state index is 0.0736. The number of hydrogen-bond donors (Lipinski definition) is 2. The molecule has 1 aromatic carbocycles. The van der Waals surface area contributed by atoms with Gasteiger partial charge in [0.1, 0.15) is 11.9 Å². The van der Waals surface area contributed by atoms with E-state index in [1.165, 1.54) is 12.0 Å². The van der Waals surface area contributed by atoms with E-state index < -0.39 is 12.0 Å². The van der Waals surface area contributed by atoms with Crippen LogP contribution >= 0.6 is 0 Å². The molecule has 0 saturated heterocycles. The number of methoxy groups -OCH3 is 1. The summed E-state index contributed by atoms with van der Waals surface area (Å²) in [6.45, 7) is 4.44. The lowest BCUT2D eigenvalue weighted by atomic mass is 9.96. The molecule has 4 rings (SSSR count). The molecule has 7 nitrogen and oxygen atoms in total. The first-order valence-corrected chi connectivity index (χ1v) is 13.4. The van der Waals surface area contributed by atoms with E-state index in [0.29, 0.717) is 13.2 Å². The van der Waals surface area contributed by atoms with Gasteiger partial charge in [-0.3, -0.25) is 9.69 Å². The van der Waals surface area contributed by atoms with Gasteiger partial charge in [0.2, 0.25) is 0 Å². The summed E-state index contributed by atoms with van der Waals surface area (Å²) in [4.78, 5) is 19.0. The summed E-state index contributed by atoms with van der Waals surface area (Å²) in [5, 5.41) is 13.5. The van der Waals surface area contributed by atoms with Crippen molar-refractivity contribution in [2.45, 2.75) is 76.0 Å². The number of carboxylic acid groups (broad SMARTS) is 1. The third-order valence-electron chi connectivity index (χ3n) is 7.47. The fraction of sp³-hybridized carbons (Fsp3) is 0.586. The van der Waals surface area contributed by atoms with Crippen molar-refractivity contribution in [2.75, 3.05) is 39.2 Å². The van der Waals surface area contributed by atoms with Gasteiger partial charge in [0.05, 0.1) is 12.2 Å². The molecule has 1 fully saturated rings. The van der Waals surface area contributed by atoms with E-state index in [9.17, 15) is 9.90 Å². The molecule has 196 valence electrons. The highest BCUT2D eigenvalue weighted by Crippen LogP contribution is 2.45. The lowest BCUT2D eigenvalue weighted by Gasteiger charge is -2.28. The summed E-state index contributed by atoms with van der Waals surface area (Å²) in [7, 11) is 3.61. The molecular weight excluding hydrogens is 454 g/mol. The normalized spacial score (nSPS) is 20.4. The van der Waals surface area contributed by atoms with Crippen molar-refractivity contribution in [2.24, 2.45) is 0 Å². The molecule has 0 bridgehead atoms. The number of hydrogen-bond acceptors (Lipinski definition) is 6. The second kappa shape index (κ2) is 12.7. The van der Waals surface area contributed by atoms with E-state index in [2.05, 4.69) is 24.4 Å². The van der Waals surface area contributed by atoms with Crippen LogP contribution in [0.25, 0.3) is 0 Å². The molecular formula is C29H41N3O4. The first kappa shape index (κ1) is 26.6. The second-order valence-electron chi connectivity index (χ2n) is 10.2. The van der Waals surface area contributed by atoms with E-state index >= 15 is 0 Å². The number of aryl methyl sites for hydroxylation is 2. The maximum atomic E-state index is 12.3. The number of rotatable bonds is 14. The van der Waals surface area contributed by atoms with Crippen molar-refractivity contribution in [1.29, 1.82) is 0 Å². The molecule has 1 aliphatic carbocycles. The third-order valence-corrected chi connectivity index (χ3v) is 7.47. The number of nitrogens with one attached hydrogen (secondary N) is 1. The summed E-state index contributed by atoms with van der Waals surface area (Å²) in [6, 6.07) is 11.6. The summed E-state index contributed by atoms with van der Waals surface area (Å²) >= 11 is 0. The Balaban J connectivity index is 1.20. The fourth-order valence-electron chi connectivity index (χ4n) is 5.21. The number of nitrogens with zero attached hydrogens (tertiary/aromatic N) is 2. The number of aliphatic carboxylic acids is 1. The molecule has 1 aliphatic heterocycles. The summed E-state index contributed by atoms with van der Waals surface area (Å²) < 4.78 is 11.5. The smallest absolute Gasteiger partial charge is 0.325 e. The Bertz CT molecular complexity index is 1010. The van der Waals surface area contributed by atoms with Gasteiger partial charge in [0.15, 0.2) is 0 Å². The van der Waals surface area contributed by atoms with Crippen LogP contribution in [0, 0.1) is 0 Å². The highest BCUT2D eigenvalue weighted by atomic mass is 16.5. The van der Waals surface area contributed by atoms with E-state index in [4.69, 9.17) is 14.5 Å². The van der Waals surface area contributed by atoms with Crippen LogP contribution in [0.2, 0.25) is 0 Å². The van der Waals surface area contributed by atoms with Gasteiger partial charge in [-0.2, -0.15) is 0 Å². The Morgan fingerprint density at radius 1 is 1.25 bits per heavy atom. The zero-order valence-corrected chi connectivity index (χ0v) is 21.9. The van der Waals surface area contributed by atoms with Gasteiger partial charge in [-0.05, 0) is 81.7 Å². The molecule has 2 heterocycles. The van der Waals surface area contributed by atoms with Crippen molar-refractivity contribution < 1.29 is 19.4 Å². The second-order valence-corrected chi connectivity index (χ2v) is 10.2. The molecule has 2 aromatic rings. The van der Waals surface area contributed by atoms with E-state index in [0.717, 1.165) is 67.7 Å². The van der Waals surface area contributed by atoms with Gasteiger partial charge < -0.3 is 19.9 Å². The van der Waals surface area contributed by atoms with Gasteiger partial charge in [-0.15, -0.1) is 0 Å². The van der Waals surface area contributed by atoms with Crippen molar-refractivity contribution in [3.8, 4) is 0 Å². The van der Waals surface area contributed by atoms with E-state index in [-0.39, 0.29) is 18.1 Å². The molecule has 0 amide bonds. The first-order valence-electron chi connectivity index (χ1n) is 13.4. The highest BCUT2D eigenvalue weighted by molar-refractivity contribution is 5.76. The van der Waals surface area contributed by atoms with E-state index in [1.54, 1.807) is 7.11 Å². The number of likely N-dealkylation sites (N-methyl/N-ethyl adjacent to an activating group) is 1. The average molecular weight is 496 g/mol. The minimum atomic E-state index is -0.820. The predicted molar refractivity (Wildman–Crippen MR) is 142 cm³/mol. The third kappa shape index (κ3) is 6.84. The van der Waals surface area contributed by atoms with Crippen LogP contribution in [0.15, 0.2) is 36.4 Å². The topological polar surface area (TPSA) is 83.9 Å². The quantitative estimate of drug-likeness (QED) is 0.364. The van der Waals surface area contributed by atoms with Crippen molar-refractivity contribution in [1.82, 2.24) is 9.88 Å². The van der Waals surface area contributed by atoms with Gasteiger partial charge in [-0.1, -0.05) is 30.3 Å². The minimum Gasteiger partial charge on any atom is -0.480 e. The number of unbranched alkanes of at least 4 members (excludes halogenated alkanes) is 1. The Morgan fingerprint density at radius 2 is 2.08 bits per heavy atom. The number of ether oxygens (including phenoxy) is 2. The molecule has 0 radical (unpaired) electrons. The summed E-state index contributed by atoms with van der Waals surface area (Å²) in [5.74, 6) is 0.529. The molecule has 1 aromatic heterocycles. The number of fused-ring (bicyclic) bond motifs is 1. The van der Waals surface area contributed by atoms with Crippen LogP contribution in [-0.2, 0) is 27.1 Å². The molecule has 1 saturated carbocycles. The molecule has 0 spiro atoms. The maximum absolute atomic E-state index is 12.3. The number of carbonyl (C=O) groups is 1. The molecule has 2 aliphatic rings. The van der Waals surface area contributed by atoms with Crippen LogP contribution in [0.5, 0.6) is 0 Å². The van der Waals surface area contributed by atoms with Crippen LogP contribution in [0.4, 0.5) is 5.82 Å². The summed E-state index contributed by atoms with van der Waals surface area (Å²) in [6.07, 6.45) is 7.28. The fourth-order valence-corrected chi connectivity index (χ4v) is 5.21. The number of carboxylic acids is 1. The monoisotopic (exact) mass is 495 g/mol. The lowest BCUT2D eigenvalue weighted by Crippen LogP contribution is -2.33. The Kier molecular flexibility index (Phi) is 9.35. The average Bonchev–Trinajstić information content (AvgIpc) is 3.67. The van der Waals surface area contributed by atoms with Crippen molar-refractivity contribution >= 4 is 11.8 Å². The maximum Gasteiger partial charge on any atom is 0.325 e. The van der Waals surface area contributed by atoms with Gasteiger partial charge in [0.25, 0.3) is 0 Å². The zero-order chi connectivity index (χ0) is 25.5. The number of aromatic nitrogens is 1. The molecule has 7 heteroatoms. The SMILES string of the molecule is CO[C@H]1C[C@@H]1c1ccccc1C(C(=O)O)N(C)CC[C@H](C)OCCCCc1ccc2c(n1)NCCC2. The Morgan fingerprint density at radius 3 is 2.86 bits per heavy atom. The zero-order valence-electron chi connectivity index (χ0n) is 21.9.